The lowest BCUT2D eigenvalue weighted by molar-refractivity contribution is -0.141. The SMILES string of the molecule is CC1CCC(N[C@H](C(=O)O)C2CCCCC2)C1. The number of carboxylic acids is 1. The fourth-order valence-corrected chi connectivity index (χ4v) is 3.49. The van der Waals surface area contributed by atoms with Gasteiger partial charge < -0.3 is 10.4 Å². The van der Waals surface area contributed by atoms with Crippen molar-refractivity contribution in [3.8, 4) is 0 Å². The number of nitrogens with one attached hydrogen (secondary N) is 1. The minimum absolute atomic E-state index is 0.300. The first-order valence-corrected chi connectivity index (χ1v) is 7.15. The molecule has 3 atom stereocenters. The molecule has 98 valence electrons. The van der Waals surface area contributed by atoms with Gasteiger partial charge in [0.05, 0.1) is 0 Å². The molecule has 2 aliphatic carbocycles. The molecule has 0 aliphatic heterocycles. The van der Waals surface area contributed by atoms with Crippen LogP contribution in [0.15, 0.2) is 0 Å². The van der Waals surface area contributed by atoms with Crippen LogP contribution >= 0.6 is 0 Å². The Morgan fingerprint density at radius 2 is 1.88 bits per heavy atom. The van der Waals surface area contributed by atoms with E-state index < -0.39 is 5.97 Å². The summed E-state index contributed by atoms with van der Waals surface area (Å²) in [6.45, 7) is 2.26. The van der Waals surface area contributed by atoms with E-state index in [1.54, 1.807) is 0 Å². The van der Waals surface area contributed by atoms with Gasteiger partial charge in [-0.2, -0.15) is 0 Å². The Hall–Kier alpha value is -0.570. The Balaban J connectivity index is 1.90. The number of hydrogen-bond acceptors (Lipinski definition) is 2. The molecule has 2 rings (SSSR count). The van der Waals surface area contributed by atoms with Crippen LogP contribution in [-0.4, -0.2) is 23.2 Å². The van der Waals surface area contributed by atoms with Crippen LogP contribution in [0, 0.1) is 11.8 Å². The molecular weight excluding hydrogens is 214 g/mol. The van der Waals surface area contributed by atoms with Gasteiger partial charge in [-0.1, -0.05) is 26.2 Å². The van der Waals surface area contributed by atoms with E-state index in [9.17, 15) is 9.90 Å². The van der Waals surface area contributed by atoms with Crippen LogP contribution in [0.4, 0.5) is 0 Å². The Morgan fingerprint density at radius 1 is 1.18 bits per heavy atom. The van der Waals surface area contributed by atoms with E-state index in [0.29, 0.717) is 12.0 Å². The second-order valence-electron chi connectivity index (χ2n) is 6.00. The Labute approximate surface area is 104 Å². The van der Waals surface area contributed by atoms with Crippen LogP contribution in [0.5, 0.6) is 0 Å². The van der Waals surface area contributed by atoms with E-state index >= 15 is 0 Å². The molecule has 2 N–H and O–H groups in total. The maximum absolute atomic E-state index is 11.4. The van der Waals surface area contributed by atoms with E-state index in [1.807, 2.05) is 0 Å². The molecule has 2 aliphatic rings. The van der Waals surface area contributed by atoms with Crippen molar-refractivity contribution in [3.05, 3.63) is 0 Å². The third kappa shape index (κ3) is 3.44. The van der Waals surface area contributed by atoms with Gasteiger partial charge >= 0.3 is 5.97 Å². The van der Waals surface area contributed by atoms with Gasteiger partial charge in [0, 0.05) is 6.04 Å². The van der Waals surface area contributed by atoms with E-state index in [4.69, 9.17) is 0 Å². The van der Waals surface area contributed by atoms with Crippen molar-refractivity contribution in [1.82, 2.24) is 5.32 Å². The summed E-state index contributed by atoms with van der Waals surface area (Å²) >= 11 is 0. The van der Waals surface area contributed by atoms with Gasteiger partial charge in [-0.25, -0.2) is 0 Å². The standard InChI is InChI=1S/C14H25NO2/c1-10-7-8-12(9-10)15-13(14(16)17)11-5-3-2-4-6-11/h10-13,15H,2-9H2,1H3,(H,16,17)/t10?,12?,13-/m0/s1. The zero-order chi connectivity index (χ0) is 12.3. The van der Waals surface area contributed by atoms with Crippen LogP contribution in [0.1, 0.15) is 58.3 Å². The van der Waals surface area contributed by atoms with Crippen molar-refractivity contribution < 1.29 is 9.90 Å². The van der Waals surface area contributed by atoms with Gasteiger partial charge in [0.2, 0.25) is 0 Å². The first kappa shape index (κ1) is 12.9. The average molecular weight is 239 g/mol. The molecule has 0 aromatic carbocycles. The second-order valence-corrected chi connectivity index (χ2v) is 6.00. The summed E-state index contributed by atoms with van der Waals surface area (Å²) in [7, 11) is 0. The summed E-state index contributed by atoms with van der Waals surface area (Å²) < 4.78 is 0. The van der Waals surface area contributed by atoms with Crippen molar-refractivity contribution in [2.75, 3.05) is 0 Å². The lowest BCUT2D eigenvalue weighted by Gasteiger charge is -2.30. The van der Waals surface area contributed by atoms with Gasteiger partial charge in [-0.3, -0.25) is 4.79 Å². The molecule has 0 saturated heterocycles. The van der Waals surface area contributed by atoms with Crippen molar-refractivity contribution in [3.63, 3.8) is 0 Å². The predicted octanol–water partition coefficient (Wildman–Crippen LogP) is 2.80. The number of rotatable bonds is 4. The summed E-state index contributed by atoms with van der Waals surface area (Å²) in [6.07, 6.45) is 9.42. The van der Waals surface area contributed by atoms with Crippen molar-refractivity contribution in [2.24, 2.45) is 11.8 Å². The maximum atomic E-state index is 11.4. The molecule has 2 fully saturated rings. The molecular formula is C14H25NO2. The smallest absolute Gasteiger partial charge is 0.320 e. The monoisotopic (exact) mass is 239 g/mol. The van der Waals surface area contributed by atoms with Crippen molar-refractivity contribution >= 4 is 5.97 Å². The number of carbonyl (C=O) groups is 1. The second kappa shape index (κ2) is 5.85. The molecule has 0 bridgehead atoms. The van der Waals surface area contributed by atoms with Crippen LogP contribution in [-0.2, 0) is 4.79 Å². The molecule has 2 saturated carbocycles. The summed E-state index contributed by atoms with van der Waals surface area (Å²) in [5, 5.41) is 12.8. The summed E-state index contributed by atoms with van der Waals surface area (Å²) in [6, 6.07) is 0.138. The van der Waals surface area contributed by atoms with Crippen LogP contribution in [0.3, 0.4) is 0 Å². The number of hydrogen-bond donors (Lipinski definition) is 2. The highest BCUT2D eigenvalue weighted by molar-refractivity contribution is 5.74. The van der Waals surface area contributed by atoms with Gasteiger partial charge in [0.1, 0.15) is 6.04 Å². The zero-order valence-corrected chi connectivity index (χ0v) is 10.8. The molecule has 0 heterocycles. The van der Waals surface area contributed by atoms with E-state index in [-0.39, 0.29) is 6.04 Å². The van der Waals surface area contributed by atoms with Gasteiger partial charge in [0.25, 0.3) is 0 Å². The minimum atomic E-state index is -0.642. The van der Waals surface area contributed by atoms with Crippen LogP contribution < -0.4 is 5.32 Å². The normalized spacial score (nSPS) is 32.5. The first-order chi connectivity index (χ1) is 8.16. The van der Waals surface area contributed by atoms with Crippen LogP contribution in [0.25, 0.3) is 0 Å². The molecule has 0 aromatic heterocycles. The predicted molar refractivity (Wildman–Crippen MR) is 67.9 cm³/mol. The molecule has 0 spiro atoms. The summed E-state index contributed by atoms with van der Waals surface area (Å²) in [4.78, 5) is 11.4. The highest BCUT2D eigenvalue weighted by Gasteiger charge is 2.32. The van der Waals surface area contributed by atoms with Crippen molar-refractivity contribution in [2.45, 2.75) is 70.4 Å². The minimum Gasteiger partial charge on any atom is -0.480 e. The third-order valence-electron chi connectivity index (χ3n) is 4.50. The molecule has 2 unspecified atom stereocenters. The van der Waals surface area contributed by atoms with Gasteiger partial charge in [-0.15, -0.1) is 0 Å². The van der Waals surface area contributed by atoms with Gasteiger partial charge in [0.15, 0.2) is 0 Å². The maximum Gasteiger partial charge on any atom is 0.320 e. The lowest BCUT2D eigenvalue weighted by Crippen LogP contribution is -2.47. The third-order valence-corrected chi connectivity index (χ3v) is 4.50. The summed E-state index contributed by atoms with van der Waals surface area (Å²) in [5.74, 6) is 0.474. The highest BCUT2D eigenvalue weighted by Crippen LogP contribution is 2.30. The molecule has 0 aromatic rings. The Morgan fingerprint density at radius 3 is 2.41 bits per heavy atom. The Kier molecular flexibility index (Phi) is 4.43. The fraction of sp³-hybridized carbons (Fsp3) is 0.929. The molecule has 0 amide bonds. The first-order valence-electron chi connectivity index (χ1n) is 7.15. The highest BCUT2D eigenvalue weighted by atomic mass is 16.4. The molecule has 3 heteroatoms. The average Bonchev–Trinajstić information content (AvgIpc) is 2.73. The topological polar surface area (TPSA) is 49.3 Å². The quantitative estimate of drug-likeness (QED) is 0.793. The summed E-state index contributed by atoms with van der Waals surface area (Å²) in [5.41, 5.74) is 0. The van der Waals surface area contributed by atoms with E-state index in [1.165, 1.54) is 25.7 Å². The van der Waals surface area contributed by atoms with E-state index in [0.717, 1.165) is 31.6 Å². The molecule has 17 heavy (non-hydrogen) atoms. The van der Waals surface area contributed by atoms with E-state index in [2.05, 4.69) is 12.2 Å². The largest absolute Gasteiger partial charge is 0.480 e. The van der Waals surface area contributed by atoms with Crippen molar-refractivity contribution in [1.29, 1.82) is 0 Å². The van der Waals surface area contributed by atoms with Crippen LogP contribution in [0.2, 0.25) is 0 Å². The fourth-order valence-electron chi connectivity index (χ4n) is 3.49. The molecule has 0 radical (unpaired) electrons. The molecule has 3 nitrogen and oxygen atoms in total. The number of aliphatic carboxylic acids is 1. The lowest BCUT2D eigenvalue weighted by atomic mass is 9.83. The van der Waals surface area contributed by atoms with Gasteiger partial charge in [-0.05, 0) is 43.9 Å². The number of carboxylic acid groups (broad SMARTS) is 1. The Bertz CT molecular complexity index is 261. The zero-order valence-electron chi connectivity index (χ0n) is 10.8.